The molecule has 0 fully saturated rings. The Bertz CT molecular complexity index is 3480. The second-order valence-corrected chi connectivity index (χ2v) is 15.2. The SMILES string of the molecule is c1ccc(-c2nc(-n3c4ccccc4c4cc(-c5cc6c7ccccc7n(-c7ccccc7)c6c6c5sc5ccccc56)ccc43)nc3ccccc23)cc1. The van der Waals surface area contributed by atoms with Crippen molar-refractivity contribution in [2.45, 2.75) is 0 Å². The van der Waals surface area contributed by atoms with Gasteiger partial charge in [-0.1, -0.05) is 127 Å². The van der Waals surface area contributed by atoms with Crippen LogP contribution in [0.4, 0.5) is 0 Å². The number of thiophene rings is 1. The molecule has 5 heteroatoms. The van der Waals surface area contributed by atoms with E-state index < -0.39 is 0 Å². The molecule has 0 amide bonds. The van der Waals surface area contributed by atoms with Crippen molar-refractivity contribution in [1.29, 1.82) is 0 Å². The first-order chi connectivity index (χ1) is 27.3. The Hall–Kier alpha value is -7.08. The molecule has 12 rings (SSSR count). The zero-order chi connectivity index (χ0) is 36.0. The molecule has 0 spiro atoms. The van der Waals surface area contributed by atoms with Crippen molar-refractivity contribution in [3.8, 4) is 34.0 Å². The van der Waals surface area contributed by atoms with Crippen molar-refractivity contribution in [2.24, 2.45) is 0 Å². The number of fused-ring (bicyclic) bond motifs is 11. The fourth-order valence-corrected chi connectivity index (χ4v) is 9.98. The lowest BCUT2D eigenvalue weighted by atomic mass is 9.97. The summed E-state index contributed by atoms with van der Waals surface area (Å²) in [6.07, 6.45) is 0. The molecule has 12 aromatic rings. The van der Waals surface area contributed by atoms with Crippen LogP contribution in [-0.4, -0.2) is 19.1 Å². The van der Waals surface area contributed by atoms with E-state index in [0.29, 0.717) is 5.95 Å². The van der Waals surface area contributed by atoms with Crippen LogP contribution in [0.3, 0.4) is 0 Å². The van der Waals surface area contributed by atoms with E-state index in [2.05, 4.69) is 185 Å². The van der Waals surface area contributed by atoms with E-state index in [1.807, 2.05) is 17.4 Å². The van der Waals surface area contributed by atoms with Crippen molar-refractivity contribution in [3.63, 3.8) is 0 Å². The normalized spacial score (nSPS) is 12.0. The Kier molecular flexibility index (Phi) is 6.47. The molecule has 0 saturated carbocycles. The van der Waals surface area contributed by atoms with Crippen molar-refractivity contribution in [1.82, 2.24) is 19.1 Å². The van der Waals surface area contributed by atoms with Crippen molar-refractivity contribution in [2.75, 3.05) is 0 Å². The average molecular weight is 719 g/mol. The van der Waals surface area contributed by atoms with Crippen LogP contribution < -0.4 is 0 Å². The van der Waals surface area contributed by atoms with Gasteiger partial charge < -0.3 is 4.57 Å². The molecule has 0 N–H and O–H groups in total. The predicted octanol–water partition coefficient (Wildman–Crippen LogP) is 13.5. The van der Waals surface area contributed by atoms with Crippen LogP contribution in [0.25, 0.3) is 109 Å². The minimum Gasteiger partial charge on any atom is -0.309 e. The molecule has 4 aromatic heterocycles. The van der Waals surface area contributed by atoms with Crippen molar-refractivity contribution in [3.05, 3.63) is 182 Å². The molecular weight excluding hydrogens is 689 g/mol. The smallest absolute Gasteiger partial charge is 0.235 e. The third-order valence-corrected chi connectivity index (χ3v) is 12.3. The Morgan fingerprint density at radius 2 is 1.04 bits per heavy atom. The lowest BCUT2D eigenvalue weighted by Crippen LogP contribution is -2.03. The van der Waals surface area contributed by atoms with E-state index >= 15 is 0 Å². The van der Waals surface area contributed by atoms with E-state index in [4.69, 9.17) is 9.97 Å². The van der Waals surface area contributed by atoms with Gasteiger partial charge in [0.2, 0.25) is 5.95 Å². The average Bonchev–Trinajstić information content (AvgIpc) is 3.91. The summed E-state index contributed by atoms with van der Waals surface area (Å²) in [5, 5.41) is 8.48. The standard InChI is InChI=1S/C50H30N4S/c1-3-15-31(16-4-1)47-36-21-7-11-23-41(36)51-50(52-47)54-43-25-13-8-19-34(43)39-29-32(27-28-44(39)54)38-30-40-35-20-9-12-24-42(35)53(33-17-5-2-6-18-33)48(40)46-37-22-10-14-26-45(37)55-49(38)46/h1-30H. The van der Waals surface area contributed by atoms with Gasteiger partial charge in [-0.25, -0.2) is 9.97 Å². The van der Waals surface area contributed by atoms with E-state index in [1.54, 1.807) is 0 Å². The third-order valence-electron chi connectivity index (χ3n) is 11.1. The second kappa shape index (κ2) is 11.7. The highest BCUT2D eigenvalue weighted by Crippen LogP contribution is 2.48. The molecule has 8 aromatic carbocycles. The van der Waals surface area contributed by atoms with Crippen LogP contribution in [0.1, 0.15) is 0 Å². The largest absolute Gasteiger partial charge is 0.309 e. The molecule has 0 saturated heterocycles. The van der Waals surface area contributed by atoms with Gasteiger partial charge in [-0.05, 0) is 60.2 Å². The second-order valence-electron chi connectivity index (χ2n) is 14.2. The van der Waals surface area contributed by atoms with Gasteiger partial charge in [-0.2, -0.15) is 0 Å². The summed E-state index contributed by atoms with van der Waals surface area (Å²) in [7, 11) is 0. The predicted molar refractivity (Wildman–Crippen MR) is 232 cm³/mol. The Balaban J connectivity index is 1.16. The third kappa shape index (κ3) is 4.45. The quantitative estimate of drug-likeness (QED) is 0.182. The summed E-state index contributed by atoms with van der Waals surface area (Å²) in [5.41, 5.74) is 11.1. The van der Waals surface area contributed by atoms with Gasteiger partial charge in [-0.15, -0.1) is 11.3 Å². The van der Waals surface area contributed by atoms with Gasteiger partial charge in [0.15, 0.2) is 0 Å². The lowest BCUT2D eigenvalue weighted by Gasteiger charge is -2.12. The summed E-state index contributed by atoms with van der Waals surface area (Å²) < 4.78 is 7.28. The summed E-state index contributed by atoms with van der Waals surface area (Å²) in [5.74, 6) is 0.665. The molecule has 0 aliphatic rings. The number of aromatic nitrogens is 4. The number of nitrogens with zero attached hydrogens (tertiary/aromatic N) is 4. The lowest BCUT2D eigenvalue weighted by molar-refractivity contribution is 1.01. The summed E-state index contributed by atoms with van der Waals surface area (Å²) in [4.78, 5) is 10.5. The molecular formula is C50H30N4S. The van der Waals surface area contributed by atoms with Gasteiger partial charge >= 0.3 is 0 Å². The molecule has 0 unspecified atom stereocenters. The van der Waals surface area contributed by atoms with E-state index in [1.165, 1.54) is 69.6 Å². The first kappa shape index (κ1) is 30.4. The molecule has 0 atom stereocenters. The Morgan fingerprint density at radius 3 is 1.84 bits per heavy atom. The Labute approximate surface area is 319 Å². The number of para-hydroxylation sites is 4. The first-order valence-electron chi connectivity index (χ1n) is 18.6. The van der Waals surface area contributed by atoms with E-state index in [0.717, 1.165) is 33.2 Å². The minimum absolute atomic E-state index is 0.665. The molecule has 0 bridgehead atoms. The minimum atomic E-state index is 0.665. The highest BCUT2D eigenvalue weighted by atomic mass is 32.1. The maximum absolute atomic E-state index is 5.30. The zero-order valence-corrected chi connectivity index (χ0v) is 30.3. The number of hydrogen-bond acceptors (Lipinski definition) is 3. The summed E-state index contributed by atoms with van der Waals surface area (Å²) in [6.45, 7) is 0. The Morgan fingerprint density at radius 1 is 0.418 bits per heavy atom. The van der Waals surface area contributed by atoms with Crippen molar-refractivity contribution >= 4 is 86.0 Å². The van der Waals surface area contributed by atoms with Gasteiger partial charge in [0.1, 0.15) is 0 Å². The fourth-order valence-electron chi connectivity index (χ4n) is 8.73. The van der Waals surface area contributed by atoms with Crippen LogP contribution in [0.15, 0.2) is 182 Å². The maximum Gasteiger partial charge on any atom is 0.235 e. The maximum atomic E-state index is 5.30. The highest BCUT2D eigenvalue weighted by molar-refractivity contribution is 7.26. The van der Waals surface area contributed by atoms with E-state index in [-0.39, 0.29) is 0 Å². The van der Waals surface area contributed by atoms with Gasteiger partial charge in [0.05, 0.1) is 33.3 Å². The number of rotatable bonds is 4. The molecule has 0 aliphatic carbocycles. The molecule has 4 nitrogen and oxygen atoms in total. The molecule has 0 aliphatic heterocycles. The van der Waals surface area contributed by atoms with Crippen molar-refractivity contribution < 1.29 is 0 Å². The molecule has 4 heterocycles. The fraction of sp³-hybridized carbons (Fsp3) is 0. The van der Waals surface area contributed by atoms with Crippen LogP contribution in [0.2, 0.25) is 0 Å². The van der Waals surface area contributed by atoms with Gasteiger partial charge in [0.25, 0.3) is 0 Å². The monoisotopic (exact) mass is 718 g/mol. The highest BCUT2D eigenvalue weighted by Gasteiger charge is 2.23. The van der Waals surface area contributed by atoms with Gasteiger partial charge in [-0.3, -0.25) is 4.57 Å². The zero-order valence-electron chi connectivity index (χ0n) is 29.5. The topological polar surface area (TPSA) is 35.6 Å². The first-order valence-corrected chi connectivity index (χ1v) is 19.4. The van der Waals surface area contributed by atoms with Crippen LogP contribution in [0, 0.1) is 0 Å². The number of hydrogen-bond donors (Lipinski definition) is 0. The van der Waals surface area contributed by atoms with Crippen LogP contribution >= 0.6 is 11.3 Å². The van der Waals surface area contributed by atoms with Crippen LogP contribution in [0.5, 0.6) is 0 Å². The van der Waals surface area contributed by atoms with E-state index in [9.17, 15) is 0 Å². The van der Waals surface area contributed by atoms with Crippen LogP contribution in [-0.2, 0) is 0 Å². The molecule has 55 heavy (non-hydrogen) atoms. The summed E-state index contributed by atoms with van der Waals surface area (Å²) in [6, 6.07) is 65.2. The van der Waals surface area contributed by atoms with Gasteiger partial charge in [0, 0.05) is 63.9 Å². The number of benzene rings is 8. The molecule has 0 radical (unpaired) electrons. The summed E-state index contributed by atoms with van der Waals surface area (Å²) >= 11 is 1.88. The molecule has 256 valence electrons.